The fraction of sp³-hybridized carbons (Fsp3) is 0.571. The van der Waals surface area contributed by atoms with Crippen LogP contribution in [0.1, 0.15) is 66.9 Å². The maximum absolute atomic E-state index is 12.3. The average molecular weight is 393 g/mol. The van der Waals surface area contributed by atoms with Crippen LogP contribution in [-0.2, 0) is 19.9 Å². The first kappa shape index (κ1) is 23.6. The van der Waals surface area contributed by atoms with Crippen LogP contribution in [0.3, 0.4) is 0 Å². The summed E-state index contributed by atoms with van der Waals surface area (Å²) in [7, 11) is 0. The van der Waals surface area contributed by atoms with Gasteiger partial charge < -0.3 is 20.3 Å². The Balaban J connectivity index is 3.25. The molecule has 0 aliphatic heterocycles. The van der Waals surface area contributed by atoms with Gasteiger partial charge in [0, 0.05) is 0 Å². The molecule has 0 amide bonds. The first-order valence-corrected chi connectivity index (χ1v) is 9.09. The highest BCUT2D eigenvalue weighted by molar-refractivity contribution is 5.81. The molecule has 0 heterocycles. The molecule has 156 valence electrons. The van der Waals surface area contributed by atoms with Gasteiger partial charge in [-0.1, -0.05) is 47.6 Å². The van der Waals surface area contributed by atoms with Crippen molar-refractivity contribution < 1.29 is 29.0 Å². The standard InChI is InChI=1S/C21H31NO6/c1-19(2,3)11-16(23)27-14-9-8-13(21(7,22)18(25)26)10-15(14)28-17(24)12-20(4,5)6/h8-10H,11-12,22H2,1-7H3,(H,25,26)/t21-/m0/s1. The summed E-state index contributed by atoms with van der Waals surface area (Å²) in [5.74, 6) is -2.24. The number of rotatable bonds is 6. The topological polar surface area (TPSA) is 116 Å². The summed E-state index contributed by atoms with van der Waals surface area (Å²) in [4.78, 5) is 35.9. The highest BCUT2D eigenvalue weighted by atomic mass is 16.6. The van der Waals surface area contributed by atoms with Crippen LogP contribution >= 0.6 is 0 Å². The lowest BCUT2D eigenvalue weighted by atomic mass is 9.92. The lowest BCUT2D eigenvalue weighted by Gasteiger charge is -2.22. The number of carbonyl (C=O) groups is 3. The van der Waals surface area contributed by atoms with E-state index in [-0.39, 0.29) is 40.7 Å². The molecule has 0 aliphatic rings. The molecule has 0 spiro atoms. The van der Waals surface area contributed by atoms with Crippen LogP contribution in [0.25, 0.3) is 0 Å². The van der Waals surface area contributed by atoms with Crippen LogP contribution in [0, 0.1) is 10.8 Å². The van der Waals surface area contributed by atoms with E-state index in [1.807, 2.05) is 41.5 Å². The number of carboxylic acid groups (broad SMARTS) is 1. The Bertz CT molecular complexity index is 753. The van der Waals surface area contributed by atoms with Gasteiger partial charge in [0.15, 0.2) is 11.5 Å². The Labute approximate surface area is 166 Å². The summed E-state index contributed by atoms with van der Waals surface area (Å²) in [5, 5.41) is 9.34. The summed E-state index contributed by atoms with van der Waals surface area (Å²) in [6.45, 7) is 12.7. The van der Waals surface area contributed by atoms with Crippen LogP contribution in [-0.4, -0.2) is 23.0 Å². The third-order valence-corrected chi connectivity index (χ3v) is 3.78. The van der Waals surface area contributed by atoms with E-state index in [4.69, 9.17) is 15.2 Å². The molecule has 0 saturated heterocycles. The number of nitrogens with two attached hydrogens (primary N) is 1. The largest absolute Gasteiger partial charge is 0.480 e. The van der Waals surface area contributed by atoms with Crippen molar-refractivity contribution >= 4 is 17.9 Å². The molecule has 0 saturated carbocycles. The zero-order valence-electron chi connectivity index (χ0n) is 17.7. The van der Waals surface area contributed by atoms with Crippen molar-refractivity contribution in [2.75, 3.05) is 0 Å². The van der Waals surface area contributed by atoms with Crippen LogP contribution < -0.4 is 15.2 Å². The maximum Gasteiger partial charge on any atom is 0.328 e. The Morgan fingerprint density at radius 1 is 0.857 bits per heavy atom. The summed E-state index contributed by atoms with van der Waals surface area (Å²) in [5.41, 5.74) is 3.81. The lowest BCUT2D eigenvalue weighted by Crippen LogP contribution is -2.41. The second-order valence-electron chi connectivity index (χ2n) is 9.59. The number of carbonyl (C=O) groups excluding carboxylic acids is 2. The van der Waals surface area contributed by atoms with E-state index >= 15 is 0 Å². The summed E-state index contributed by atoms with van der Waals surface area (Å²) in [6.07, 6.45) is 0.291. The van der Waals surface area contributed by atoms with Gasteiger partial charge in [-0.05, 0) is 35.4 Å². The molecule has 0 aromatic heterocycles. The number of benzene rings is 1. The number of hydrogen-bond donors (Lipinski definition) is 2. The predicted octanol–water partition coefficient (Wildman–Crippen LogP) is 3.63. The van der Waals surface area contributed by atoms with Crippen LogP contribution in [0.4, 0.5) is 0 Å². The molecule has 1 atom stereocenters. The SMILES string of the molecule is CC(C)(C)CC(=O)Oc1ccc([C@](C)(N)C(=O)O)cc1OC(=O)CC(C)(C)C. The molecule has 3 N–H and O–H groups in total. The molecule has 28 heavy (non-hydrogen) atoms. The van der Waals surface area contributed by atoms with Crippen LogP contribution in [0.15, 0.2) is 18.2 Å². The Hall–Kier alpha value is -2.41. The first-order valence-electron chi connectivity index (χ1n) is 9.09. The third kappa shape index (κ3) is 7.31. The fourth-order valence-electron chi connectivity index (χ4n) is 2.30. The number of hydrogen-bond acceptors (Lipinski definition) is 6. The van der Waals surface area contributed by atoms with E-state index < -0.39 is 23.4 Å². The van der Waals surface area contributed by atoms with Gasteiger partial charge in [-0.25, -0.2) is 4.79 Å². The van der Waals surface area contributed by atoms with Gasteiger partial charge in [0.05, 0.1) is 12.8 Å². The van der Waals surface area contributed by atoms with Crippen LogP contribution in [0.5, 0.6) is 11.5 Å². The van der Waals surface area contributed by atoms with Crippen molar-refractivity contribution in [3.05, 3.63) is 23.8 Å². The molecule has 0 fully saturated rings. The monoisotopic (exact) mass is 393 g/mol. The van der Waals surface area contributed by atoms with E-state index in [0.717, 1.165) is 0 Å². The highest BCUT2D eigenvalue weighted by Crippen LogP contribution is 2.34. The molecule has 0 aliphatic carbocycles. The van der Waals surface area contributed by atoms with Crippen molar-refractivity contribution in [2.45, 2.75) is 66.8 Å². The molecule has 7 nitrogen and oxygen atoms in total. The van der Waals surface area contributed by atoms with Gasteiger partial charge in [0.1, 0.15) is 5.54 Å². The molecular weight excluding hydrogens is 362 g/mol. The van der Waals surface area contributed by atoms with Gasteiger partial charge in [0.25, 0.3) is 0 Å². The Morgan fingerprint density at radius 3 is 1.68 bits per heavy atom. The normalized spacial score (nSPS) is 14.1. The number of carboxylic acids is 1. The van der Waals surface area contributed by atoms with Gasteiger partial charge in [-0.15, -0.1) is 0 Å². The number of aliphatic carboxylic acids is 1. The quantitative estimate of drug-likeness (QED) is 0.560. The zero-order valence-corrected chi connectivity index (χ0v) is 17.7. The second-order valence-corrected chi connectivity index (χ2v) is 9.59. The summed E-state index contributed by atoms with van der Waals surface area (Å²) >= 11 is 0. The first-order chi connectivity index (χ1) is 12.5. The predicted molar refractivity (Wildman–Crippen MR) is 105 cm³/mol. The molecule has 7 heteroatoms. The molecule has 0 unspecified atom stereocenters. The lowest BCUT2D eigenvalue weighted by molar-refractivity contribution is -0.143. The highest BCUT2D eigenvalue weighted by Gasteiger charge is 2.32. The zero-order chi connectivity index (χ0) is 21.9. The molecule has 1 aromatic rings. The molecule has 0 radical (unpaired) electrons. The molecule has 0 bridgehead atoms. The van der Waals surface area contributed by atoms with E-state index in [1.165, 1.54) is 25.1 Å². The van der Waals surface area contributed by atoms with Gasteiger partial charge in [0.2, 0.25) is 0 Å². The Kier molecular flexibility index (Phi) is 7.01. The summed E-state index contributed by atoms with van der Waals surface area (Å²) in [6, 6.07) is 4.16. The minimum atomic E-state index is -1.70. The maximum atomic E-state index is 12.3. The van der Waals surface area contributed by atoms with Crippen molar-refractivity contribution in [3.8, 4) is 11.5 Å². The smallest absolute Gasteiger partial charge is 0.328 e. The number of esters is 2. The van der Waals surface area contributed by atoms with E-state index in [2.05, 4.69) is 0 Å². The second kappa shape index (κ2) is 8.31. The van der Waals surface area contributed by atoms with Crippen molar-refractivity contribution in [1.82, 2.24) is 0 Å². The van der Waals surface area contributed by atoms with Crippen molar-refractivity contribution in [1.29, 1.82) is 0 Å². The fourth-order valence-corrected chi connectivity index (χ4v) is 2.30. The minimum Gasteiger partial charge on any atom is -0.480 e. The third-order valence-electron chi connectivity index (χ3n) is 3.78. The number of ether oxygens (including phenoxy) is 2. The van der Waals surface area contributed by atoms with Crippen molar-refractivity contribution in [2.24, 2.45) is 16.6 Å². The minimum absolute atomic E-state index is 0.0352. The van der Waals surface area contributed by atoms with E-state index in [0.29, 0.717) is 0 Å². The van der Waals surface area contributed by atoms with Gasteiger partial charge in [-0.2, -0.15) is 0 Å². The van der Waals surface area contributed by atoms with Crippen LogP contribution in [0.2, 0.25) is 0 Å². The molecular formula is C21H31NO6. The molecule has 1 aromatic carbocycles. The van der Waals surface area contributed by atoms with Crippen molar-refractivity contribution in [3.63, 3.8) is 0 Å². The average Bonchev–Trinajstić information content (AvgIpc) is 2.44. The molecule has 1 rings (SSSR count). The Morgan fingerprint density at radius 2 is 1.29 bits per heavy atom. The van der Waals surface area contributed by atoms with E-state index in [9.17, 15) is 19.5 Å². The van der Waals surface area contributed by atoms with E-state index in [1.54, 1.807) is 0 Å². The van der Waals surface area contributed by atoms with Gasteiger partial charge in [-0.3, -0.25) is 9.59 Å². The summed E-state index contributed by atoms with van der Waals surface area (Å²) < 4.78 is 10.8. The van der Waals surface area contributed by atoms with Gasteiger partial charge >= 0.3 is 17.9 Å².